The molecule has 4 rings (SSSR count). The van der Waals surface area contributed by atoms with Gasteiger partial charge in [0.1, 0.15) is 12.4 Å². The highest BCUT2D eigenvalue weighted by atomic mass is 35.5. The first kappa shape index (κ1) is 20.4. The SMILES string of the molecule is Cc1cc(CN2CCN(C(=O)c3ccccc3OCc3ccc(Cl)cc3)CC2)on1. The third-order valence-corrected chi connectivity index (χ3v) is 5.39. The number of amides is 1. The van der Waals surface area contributed by atoms with Crippen molar-refractivity contribution in [1.82, 2.24) is 15.0 Å². The Balaban J connectivity index is 1.36. The molecule has 0 unspecified atom stereocenters. The highest BCUT2D eigenvalue weighted by molar-refractivity contribution is 6.30. The number of carbonyl (C=O) groups is 1. The van der Waals surface area contributed by atoms with E-state index in [0.717, 1.165) is 30.1 Å². The third kappa shape index (κ3) is 5.01. The lowest BCUT2D eigenvalue weighted by atomic mass is 10.1. The van der Waals surface area contributed by atoms with E-state index in [2.05, 4.69) is 10.1 Å². The number of para-hydroxylation sites is 1. The molecule has 0 saturated carbocycles. The molecular formula is C23H24ClN3O3. The van der Waals surface area contributed by atoms with Gasteiger partial charge in [-0.05, 0) is 36.8 Å². The Kier molecular flexibility index (Phi) is 6.35. The molecule has 0 bridgehead atoms. The summed E-state index contributed by atoms with van der Waals surface area (Å²) in [4.78, 5) is 17.3. The van der Waals surface area contributed by atoms with Crippen LogP contribution in [0.1, 0.15) is 27.4 Å². The minimum atomic E-state index is -0.00290. The fourth-order valence-corrected chi connectivity index (χ4v) is 3.63. The maximum atomic E-state index is 13.1. The second kappa shape index (κ2) is 9.32. The predicted molar refractivity (Wildman–Crippen MR) is 115 cm³/mol. The quantitative estimate of drug-likeness (QED) is 0.593. The first-order valence-corrected chi connectivity index (χ1v) is 10.4. The number of ether oxygens (including phenoxy) is 1. The molecule has 0 aliphatic carbocycles. The summed E-state index contributed by atoms with van der Waals surface area (Å²) in [6, 6.07) is 16.9. The zero-order valence-corrected chi connectivity index (χ0v) is 17.6. The van der Waals surface area contributed by atoms with Crippen molar-refractivity contribution in [3.8, 4) is 5.75 Å². The first-order chi connectivity index (χ1) is 14.6. The minimum absolute atomic E-state index is 0.00290. The summed E-state index contributed by atoms with van der Waals surface area (Å²) in [6.45, 7) is 5.92. The van der Waals surface area contributed by atoms with E-state index in [0.29, 0.717) is 42.6 Å². The Morgan fingerprint density at radius 2 is 1.83 bits per heavy atom. The largest absolute Gasteiger partial charge is 0.488 e. The number of hydrogen-bond donors (Lipinski definition) is 0. The van der Waals surface area contributed by atoms with Crippen LogP contribution in [0.25, 0.3) is 0 Å². The molecule has 0 N–H and O–H groups in total. The van der Waals surface area contributed by atoms with Gasteiger partial charge < -0.3 is 14.2 Å². The molecular weight excluding hydrogens is 402 g/mol. The van der Waals surface area contributed by atoms with Crippen molar-refractivity contribution >= 4 is 17.5 Å². The van der Waals surface area contributed by atoms with E-state index >= 15 is 0 Å². The molecule has 156 valence electrons. The summed E-state index contributed by atoms with van der Waals surface area (Å²) in [5.74, 6) is 1.45. The average molecular weight is 426 g/mol. The Hall–Kier alpha value is -2.83. The Morgan fingerprint density at radius 3 is 2.53 bits per heavy atom. The molecule has 1 saturated heterocycles. The standard InChI is InChI=1S/C23H24ClN3O3/c1-17-14-20(30-25-17)15-26-10-12-27(13-11-26)23(28)21-4-2-3-5-22(21)29-16-18-6-8-19(24)9-7-18/h2-9,14H,10-13,15-16H2,1H3. The van der Waals surface area contributed by atoms with Crippen molar-refractivity contribution in [1.29, 1.82) is 0 Å². The molecule has 2 heterocycles. The number of halogens is 1. The van der Waals surface area contributed by atoms with Gasteiger partial charge in [-0.15, -0.1) is 0 Å². The van der Waals surface area contributed by atoms with Gasteiger partial charge in [-0.25, -0.2) is 0 Å². The monoisotopic (exact) mass is 425 g/mol. The summed E-state index contributed by atoms with van der Waals surface area (Å²) in [5, 5.41) is 4.62. The number of carbonyl (C=O) groups excluding carboxylic acids is 1. The smallest absolute Gasteiger partial charge is 0.257 e. The van der Waals surface area contributed by atoms with Gasteiger partial charge in [0.25, 0.3) is 5.91 Å². The molecule has 0 radical (unpaired) electrons. The molecule has 1 aliphatic rings. The van der Waals surface area contributed by atoms with Crippen molar-refractivity contribution in [2.75, 3.05) is 26.2 Å². The van der Waals surface area contributed by atoms with Gasteiger partial charge in [-0.2, -0.15) is 0 Å². The van der Waals surface area contributed by atoms with Gasteiger partial charge in [0.15, 0.2) is 5.76 Å². The fraction of sp³-hybridized carbons (Fsp3) is 0.304. The van der Waals surface area contributed by atoms with Gasteiger partial charge >= 0.3 is 0 Å². The maximum absolute atomic E-state index is 13.1. The lowest BCUT2D eigenvalue weighted by Crippen LogP contribution is -2.48. The Morgan fingerprint density at radius 1 is 1.10 bits per heavy atom. The van der Waals surface area contributed by atoms with Crippen LogP contribution in [0.15, 0.2) is 59.1 Å². The molecule has 1 amide bonds. The molecule has 1 aromatic heterocycles. The lowest BCUT2D eigenvalue weighted by Gasteiger charge is -2.34. The number of nitrogens with zero attached hydrogens (tertiary/aromatic N) is 3. The minimum Gasteiger partial charge on any atom is -0.488 e. The Bertz CT molecular complexity index is 995. The van der Waals surface area contributed by atoms with Crippen LogP contribution in [0.5, 0.6) is 5.75 Å². The van der Waals surface area contributed by atoms with E-state index in [-0.39, 0.29) is 5.91 Å². The van der Waals surface area contributed by atoms with E-state index in [9.17, 15) is 4.79 Å². The molecule has 30 heavy (non-hydrogen) atoms. The van der Waals surface area contributed by atoms with Crippen molar-refractivity contribution in [2.45, 2.75) is 20.1 Å². The van der Waals surface area contributed by atoms with Crippen LogP contribution in [-0.4, -0.2) is 47.0 Å². The molecule has 1 aliphatic heterocycles. The van der Waals surface area contributed by atoms with Crippen LogP contribution in [0, 0.1) is 6.92 Å². The average Bonchev–Trinajstić information content (AvgIpc) is 3.18. The topological polar surface area (TPSA) is 58.8 Å². The van der Waals surface area contributed by atoms with Gasteiger partial charge in [0, 0.05) is 37.3 Å². The number of benzene rings is 2. The molecule has 0 atom stereocenters. The predicted octanol–water partition coefficient (Wildman–Crippen LogP) is 4.17. The molecule has 2 aromatic carbocycles. The number of rotatable bonds is 6. The van der Waals surface area contributed by atoms with Crippen LogP contribution in [0.2, 0.25) is 5.02 Å². The third-order valence-electron chi connectivity index (χ3n) is 5.14. The van der Waals surface area contributed by atoms with Gasteiger partial charge in [0.05, 0.1) is 17.8 Å². The van der Waals surface area contributed by atoms with E-state index in [4.69, 9.17) is 20.9 Å². The summed E-state index contributed by atoms with van der Waals surface area (Å²) < 4.78 is 11.3. The van der Waals surface area contributed by atoms with Crippen LogP contribution < -0.4 is 4.74 Å². The van der Waals surface area contributed by atoms with Crippen molar-refractivity contribution < 1.29 is 14.1 Å². The van der Waals surface area contributed by atoms with Gasteiger partial charge in [0.2, 0.25) is 0 Å². The highest BCUT2D eigenvalue weighted by Crippen LogP contribution is 2.22. The number of aryl methyl sites for hydroxylation is 1. The first-order valence-electron chi connectivity index (χ1n) is 9.98. The van der Waals surface area contributed by atoms with Crippen LogP contribution in [0.3, 0.4) is 0 Å². The van der Waals surface area contributed by atoms with Crippen molar-refractivity contribution in [2.24, 2.45) is 0 Å². The number of aromatic nitrogens is 1. The van der Waals surface area contributed by atoms with E-state index in [1.165, 1.54) is 0 Å². The van der Waals surface area contributed by atoms with E-state index in [1.807, 2.05) is 66.4 Å². The molecule has 7 heteroatoms. The number of piperazine rings is 1. The molecule has 1 fully saturated rings. The maximum Gasteiger partial charge on any atom is 0.257 e. The van der Waals surface area contributed by atoms with Crippen molar-refractivity contribution in [3.63, 3.8) is 0 Å². The normalized spacial score (nSPS) is 14.7. The molecule has 3 aromatic rings. The highest BCUT2D eigenvalue weighted by Gasteiger charge is 2.24. The van der Waals surface area contributed by atoms with Crippen molar-refractivity contribution in [3.05, 3.63) is 82.2 Å². The zero-order chi connectivity index (χ0) is 20.9. The summed E-state index contributed by atoms with van der Waals surface area (Å²) >= 11 is 5.94. The molecule has 6 nitrogen and oxygen atoms in total. The zero-order valence-electron chi connectivity index (χ0n) is 16.9. The van der Waals surface area contributed by atoms with Crippen LogP contribution in [0.4, 0.5) is 0 Å². The van der Waals surface area contributed by atoms with E-state index < -0.39 is 0 Å². The van der Waals surface area contributed by atoms with Gasteiger partial charge in [-0.1, -0.05) is 41.0 Å². The lowest BCUT2D eigenvalue weighted by molar-refractivity contribution is 0.0613. The Labute approximate surface area is 181 Å². The second-order valence-corrected chi connectivity index (χ2v) is 7.85. The fourth-order valence-electron chi connectivity index (χ4n) is 3.50. The molecule has 0 spiro atoms. The van der Waals surface area contributed by atoms with Gasteiger partial charge in [-0.3, -0.25) is 9.69 Å². The van der Waals surface area contributed by atoms with Crippen LogP contribution >= 0.6 is 11.6 Å². The summed E-state index contributed by atoms with van der Waals surface area (Å²) in [5.41, 5.74) is 2.47. The summed E-state index contributed by atoms with van der Waals surface area (Å²) in [6.07, 6.45) is 0. The second-order valence-electron chi connectivity index (χ2n) is 7.41. The summed E-state index contributed by atoms with van der Waals surface area (Å²) in [7, 11) is 0. The van der Waals surface area contributed by atoms with E-state index in [1.54, 1.807) is 0 Å². The number of hydrogen-bond acceptors (Lipinski definition) is 5. The van der Waals surface area contributed by atoms with Crippen LogP contribution in [-0.2, 0) is 13.2 Å².